The Balaban J connectivity index is 1.27. The molecule has 0 fully saturated rings. The molecule has 0 aliphatic carbocycles. The monoisotopic (exact) mass is 561 g/mol. The van der Waals surface area contributed by atoms with Crippen LogP contribution in [0.1, 0.15) is 29.9 Å². The molecule has 0 saturated heterocycles. The van der Waals surface area contributed by atoms with Gasteiger partial charge in [0.05, 0.1) is 17.9 Å². The van der Waals surface area contributed by atoms with Crippen LogP contribution in [0.5, 0.6) is 5.75 Å². The van der Waals surface area contributed by atoms with Crippen molar-refractivity contribution in [3.63, 3.8) is 0 Å². The fourth-order valence-electron chi connectivity index (χ4n) is 4.68. The van der Waals surface area contributed by atoms with E-state index in [0.717, 1.165) is 17.0 Å². The van der Waals surface area contributed by atoms with Crippen LogP contribution in [0, 0.1) is 19.7 Å². The molecule has 0 amide bonds. The molecule has 8 nitrogen and oxygen atoms in total. The van der Waals surface area contributed by atoms with Crippen LogP contribution >= 0.6 is 0 Å². The average Bonchev–Trinajstić information content (AvgIpc) is 3.66. The van der Waals surface area contributed by atoms with Gasteiger partial charge in [0.1, 0.15) is 17.3 Å². The zero-order valence-corrected chi connectivity index (χ0v) is 22.1. The maximum atomic E-state index is 15.0. The number of aryl methyl sites for hydroxylation is 2. The van der Waals surface area contributed by atoms with E-state index in [0.29, 0.717) is 28.4 Å². The molecule has 5 heterocycles. The molecule has 1 atom stereocenters. The van der Waals surface area contributed by atoms with Crippen molar-refractivity contribution in [2.24, 2.45) is 0 Å². The van der Waals surface area contributed by atoms with Crippen molar-refractivity contribution < 1.29 is 22.3 Å². The summed E-state index contributed by atoms with van der Waals surface area (Å²) in [6, 6.07) is 15.7. The van der Waals surface area contributed by atoms with Crippen LogP contribution in [0.25, 0.3) is 34.1 Å². The maximum Gasteiger partial charge on any atom is 0.573 e. The van der Waals surface area contributed by atoms with Crippen LogP contribution < -0.4 is 4.74 Å². The van der Waals surface area contributed by atoms with Crippen molar-refractivity contribution in [1.82, 2.24) is 33.9 Å². The molecule has 1 unspecified atom stereocenters. The summed E-state index contributed by atoms with van der Waals surface area (Å²) >= 11 is 0. The van der Waals surface area contributed by atoms with Crippen LogP contribution in [0.2, 0.25) is 0 Å². The zero-order valence-electron chi connectivity index (χ0n) is 22.1. The second-order valence-electron chi connectivity index (χ2n) is 9.61. The smallest absolute Gasteiger partial charge is 0.406 e. The van der Waals surface area contributed by atoms with Crippen molar-refractivity contribution in [1.29, 1.82) is 0 Å². The molecule has 0 radical (unpaired) electrons. The number of ether oxygens (including phenoxy) is 1. The first-order valence-electron chi connectivity index (χ1n) is 12.6. The van der Waals surface area contributed by atoms with Crippen molar-refractivity contribution >= 4 is 5.65 Å². The lowest BCUT2D eigenvalue weighted by Gasteiger charge is -2.14. The van der Waals surface area contributed by atoms with Crippen molar-refractivity contribution in [3.05, 3.63) is 102 Å². The van der Waals surface area contributed by atoms with E-state index in [-0.39, 0.29) is 17.5 Å². The number of benzene rings is 1. The SMILES string of the molecule is Cc1ccc(C)n1-c1nc2cc(-c3nc(-c4cnn(C(C)c5ccc(OC(F)(F)F)cc5)c4)ccc3F)ccn2n1. The van der Waals surface area contributed by atoms with Gasteiger partial charge in [0.15, 0.2) is 5.65 Å². The van der Waals surface area contributed by atoms with E-state index >= 15 is 0 Å². The van der Waals surface area contributed by atoms with Gasteiger partial charge in [-0.2, -0.15) is 10.1 Å². The second kappa shape index (κ2) is 9.88. The lowest BCUT2D eigenvalue weighted by molar-refractivity contribution is -0.274. The molecule has 12 heteroatoms. The highest BCUT2D eigenvalue weighted by molar-refractivity contribution is 5.68. The minimum absolute atomic E-state index is 0.156. The van der Waals surface area contributed by atoms with Crippen LogP contribution in [0.4, 0.5) is 17.6 Å². The van der Waals surface area contributed by atoms with E-state index in [1.165, 1.54) is 18.2 Å². The summed E-state index contributed by atoms with van der Waals surface area (Å²) in [5.74, 6) is -0.265. The van der Waals surface area contributed by atoms with Gasteiger partial charge in [-0.15, -0.1) is 18.3 Å². The van der Waals surface area contributed by atoms with Gasteiger partial charge in [-0.25, -0.2) is 13.9 Å². The molecular formula is C29H23F4N7O. The third kappa shape index (κ3) is 5.15. The summed E-state index contributed by atoms with van der Waals surface area (Å²) < 4.78 is 61.6. The molecule has 0 bridgehead atoms. The fraction of sp³-hybridized carbons (Fsp3) is 0.172. The van der Waals surface area contributed by atoms with Gasteiger partial charge >= 0.3 is 6.36 Å². The minimum atomic E-state index is -4.75. The molecule has 0 aliphatic heterocycles. The van der Waals surface area contributed by atoms with E-state index in [2.05, 4.69) is 24.9 Å². The largest absolute Gasteiger partial charge is 0.573 e. The van der Waals surface area contributed by atoms with Gasteiger partial charge in [-0.3, -0.25) is 9.25 Å². The summed E-state index contributed by atoms with van der Waals surface area (Å²) in [6.07, 6.45) is 0.325. The Bertz CT molecular complexity index is 1850. The summed E-state index contributed by atoms with van der Waals surface area (Å²) in [4.78, 5) is 9.22. The first kappa shape index (κ1) is 26.2. The van der Waals surface area contributed by atoms with Crippen LogP contribution in [0.3, 0.4) is 0 Å². The summed E-state index contributed by atoms with van der Waals surface area (Å²) in [5.41, 5.74) is 5.14. The number of fused-ring (bicyclic) bond motifs is 1. The first-order valence-corrected chi connectivity index (χ1v) is 12.6. The Morgan fingerprint density at radius 2 is 1.61 bits per heavy atom. The van der Waals surface area contributed by atoms with E-state index in [4.69, 9.17) is 0 Å². The van der Waals surface area contributed by atoms with E-state index in [1.807, 2.05) is 37.5 Å². The maximum absolute atomic E-state index is 15.0. The standard InChI is InChI=1S/C29H23F4N7O/c1-17-4-5-18(2)40(17)28-36-26-14-21(12-13-38(26)37-28)27-24(30)10-11-25(35-27)22-15-34-39(16-22)19(3)20-6-8-23(9-7-20)41-29(31,32)33/h4-16,19H,1-3H3. The van der Waals surface area contributed by atoms with Crippen LogP contribution in [-0.4, -0.2) is 40.3 Å². The molecule has 1 aromatic carbocycles. The number of pyridine rings is 2. The molecule has 0 aliphatic rings. The zero-order chi connectivity index (χ0) is 28.9. The molecule has 0 N–H and O–H groups in total. The topological polar surface area (TPSA) is 75.1 Å². The Kier molecular flexibility index (Phi) is 6.32. The molecule has 6 aromatic rings. The highest BCUT2D eigenvalue weighted by Crippen LogP contribution is 2.29. The number of hydrogen-bond donors (Lipinski definition) is 0. The molecule has 5 aromatic heterocycles. The molecule has 0 saturated carbocycles. The quantitative estimate of drug-likeness (QED) is 0.211. The molecule has 41 heavy (non-hydrogen) atoms. The van der Waals surface area contributed by atoms with Crippen molar-refractivity contribution in [2.75, 3.05) is 0 Å². The Labute approximate surface area is 231 Å². The number of halogens is 4. The second-order valence-corrected chi connectivity index (χ2v) is 9.61. The number of alkyl halides is 3. The Hall–Kier alpha value is -5.00. The highest BCUT2D eigenvalue weighted by Gasteiger charge is 2.31. The van der Waals surface area contributed by atoms with Crippen molar-refractivity contribution in [2.45, 2.75) is 33.2 Å². The molecule has 6 rings (SSSR count). The minimum Gasteiger partial charge on any atom is -0.406 e. The number of aromatic nitrogens is 7. The summed E-state index contributed by atoms with van der Waals surface area (Å²) in [7, 11) is 0. The van der Waals surface area contributed by atoms with Gasteiger partial charge in [0.2, 0.25) is 0 Å². The highest BCUT2D eigenvalue weighted by atomic mass is 19.4. The number of rotatable bonds is 6. The van der Waals surface area contributed by atoms with E-state index in [1.54, 1.807) is 58.1 Å². The lowest BCUT2D eigenvalue weighted by Crippen LogP contribution is -2.17. The van der Waals surface area contributed by atoms with Gasteiger partial charge in [-0.1, -0.05) is 12.1 Å². The first-order chi connectivity index (χ1) is 19.6. The van der Waals surface area contributed by atoms with Gasteiger partial charge < -0.3 is 4.74 Å². The van der Waals surface area contributed by atoms with Crippen LogP contribution in [0.15, 0.2) is 79.3 Å². The molecule has 208 valence electrons. The Morgan fingerprint density at radius 3 is 2.32 bits per heavy atom. The van der Waals surface area contributed by atoms with Gasteiger partial charge in [0.25, 0.3) is 5.95 Å². The summed E-state index contributed by atoms with van der Waals surface area (Å²) in [6.45, 7) is 5.81. The van der Waals surface area contributed by atoms with Crippen molar-refractivity contribution in [3.8, 4) is 34.2 Å². The van der Waals surface area contributed by atoms with Gasteiger partial charge in [-0.05, 0) is 74.9 Å². The van der Waals surface area contributed by atoms with Crippen LogP contribution in [-0.2, 0) is 0 Å². The number of hydrogen-bond acceptors (Lipinski definition) is 5. The third-order valence-electron chi connectivity index (χ3n) is 6.81. The predicted octanol–water partition coefficient (Wildman–Crippen LogP) is 6.71. The fourth-order valence-corrected chi connectivity index (χ4v) is 4.68. The van der Waals surface area contributed by atoms with Gasteiger partial charge in [0, 0.05) is 34.9 Å². The van der Waals surface area contributed by atoms with E-state index in [9.17, 15) is 17.6 Å². The number of nitrogens with zero attached hydrogens (tertiary/aromatic N) is 7. The predicted molar refractivity (Wildman–Crippen MR) is 143 cm³/mol. The summed E-state index contributed by atoms with van der Waals surface area (Å²) in [5, 5.41) is 8.96. The third-order valence-corrected chi connectivity index (χ3v) is 6.81. The molecule has 0 spiro atoms. The molecular weight excluding hydrogens is 538 g/mol. The van der Waals surface area contributed by atoms with E-state index < -0.39 is 12.2 Å². The normalized spacial score (nSPS) is 12.7. The lowest BCUT2D eigenvalue weighted by atomic mass is 10.1. The average molecular weight is 562 g/mol. The Morgan fingerprint density at radius 1 is 0.878 bits per heavy atom.